The van der Waals surface area contributed by atoms with E-state index in [1.807, 2.05) is 43.4 Å². The van der Waals surface area contributed by atoms with Crippen LogP contribution in [0.2, 0.25) is 0 Å². The molecule has 0 aliphatic carbocycles. The van der Waals surface area contributed by atoms with Gasteiger partial charge in [-0.25, -0.2) is 5.10 Å². The van der Waals surface area contributed by atoms with E-state index >= 15 is 0 Å². The summed E-state index contributed by atoms with van der Waals surface area (Å²) >= 11 is 0. The molecule has 1 aromatic heterocycles. The SMILES string of the molecule is C[n+]1[nH]c(-c2ccccc2)cc1N. The van der Waals surface area contributed by atoms with E-state index in [9.17, 15) is 0 Å². The van der Waals surface area contributed by atoms with Crippen LogP contribution in [0, 0.1) is 0 Å². The number of aromatic nitrogens is 2. The molecular weight excluding hydrogens is 162 g/mol. The molecule has 0 unspecified atom stereocenters. The summed E-state index contributed by atoms with van der Waals surface area (Å²) in [6, 6.07) is 12.0. The van der Waals surface area contributed by atoms with E-state index in [4.69, 9.17) is 5.73 Å². The van der Waals surface area contributed by atoms with Crippen molar-refractivity contribution in [2.24, 2.45) is 7.05 Å². The molecule has 0 bridgehead atoms. The van der Waals surface area contributed by atoms with Crippen LogP contribution in [-0.2, 0) is 7.05 Å². The van der Waals surface area contributed by atoms with Crippen LogP contribution in [0.5, 0.6) is 0 Å². The van der Waals surface area contributed by atoms with Gasteiger partial charge in [-0.2, -0.15) is 4.68 Å². The van der Waals surface area contributed by atoms with Crippen molar-refractivity contribution in [2.45, 2.75) is 0 Å². The molecule has 0 saturated heterocycles. The van der Waals surface area contributed by atoms with Crippen molar-refractivity contribution in [2.75, 3.05) is 5.73 Å². The Morgan fingerprint density at radius 3 is 2.46 bits per heavy atom. The van der Waals surface area contributed by atoms with E-state index in [0.717, 1.165) is 17.1 Å². The molecule has 0 amide bonds. The summed E-state index contributed by atoms with van der Waals surface area (Å²) in [6.07, 6.45) is 0. The monoisotopic (exact) mass is 174 g/mol. The number of nitrogens with one attached hydrogen (secondary N) is 1. The molecule has 3 nitrogen and oxygen atoms in total. The molecule has 0 aliphatic rings. The number of benzene rings is 1. The molecule has 13 heavy (non-hydrogen) atoms. The second kappa shape index (κ2) is 2.94. The van der Waals surface area contributed by atoms with Crippen molar-refractivity contribution in [3.63, 3.8) is 0 Å². The van der Waals surface area contributed by atoms with Gasteiger partial charge in [0.05, 0.1) is 11.8 Å². The first-order valence-electron chi connectivity index (χ1n) is 4.17. The zero-order chi connectivity index (χ0) is 9.26. The Bertz CT molecular complexity index is 384. The predicted molar refractivity (Wildman–Crippen MR) is 51.8 cm³/mol. The Balaban J connectivity index is 2.48. The smallest absolute Gasteiger partial charge is 0.285 e. The number of nitrogens with two attached hydrogens (primary N) is 1. The number of anilines is 1. The number of nitrogen functional groups attached to an aromatic ring is 1. The summed E-state index contributed by atoms with van der Waals surface area (Å²) in [6.45, 7) is 0. The molecule has 1 heterocycles. The third kappa shape index (κ3) is 1.40. The maximum Gasteiger partial charge on any atom is 0.293 e. The highest BCUT2D eigenvalue weighted by atomic mass is 15.3. The Labute approximate surface area is 76.8 Å². The Morgan fingerprint density at radius 1 is 1.23 bits per heavy atom. The Hall–Kier alpha value is -1.77. The summed E-state index contributed by atoms with van der Waals surface area (Å²) in [4.78, 5) is 0. The summed E-state index contributed by atoms with van der Waals surface area (Å²) in [5, 5.41) is 3.15. The summed E-state index contributed by atoms with van der Waals surface area (Å²) in [7, 11) is 1.89. The van der Waals surface area contributed by atoms with E-state index in [1.54, 1.807) is 4.68 Å². The van der Waals surface area contributed by atoms with Gasteiger partial charge in [-0.1, -0.05) is 30.3 Å². The molecule has 2 aromatic rings. The van der Waals surface area contributed by atoms with Crippen LogP contribution in [0.15, 0.2) is 36.4 Å². The molecule has 0 radical (unpaired) electrons. The third-order valence-corrected chi connectivity index (χ3v) is 2.05. The highest BCUT2D eigenvalue weighted by Gasteiger charge is 2.06. The van der Waals surface area contributed by atoms with Gasteiger partial charge in [0.25, 0.3) is 5.82 Å². The summed E-state index contributed by atoms with van der Waals surface area (Å²) in [5.74, 6) is 0.735. The standard InChI is InChI=1S/C10H11N3/c1-13-10(11)7-9(12-13)8-5-3-2-4-6-8/h2-7H,1H3,(H2,11,12)/p+1. The van der Waals surface area contributed by atoms with Crippen LogP contribution in [0.1, 0.15) is 0 Å². The maximum atomic E-state index is 5.71. The molecular formula is C10H12N3+. The van der Waals surface area contributed by atoms with Crippen molar-refractivity contribution in [3.05, 3.63) is 36.4 Å². The highest BCUT2D eigenvalue weighted by Crippen LogP contribution is 2.16. The molecule has 0 saturated carbocycles. The lowest BCUT2D eigenvalue weighted by molar-refractivity contribution is -0.712. The molecule has 2 rings (SSSR count). The normalized spacial score (nSPS) is 10.2. The van der Waals surface area contributed by atoms with Gasteiger partial charge in [0.15, 0.2) is 0 Å². The number of rotatable bonds is 1. The Kier molecular flexibility index (Phi) is 1.77. The maximum absolute atomic E-state index is 5.71. The van der Waals surface area contributed by atoms with Gasteiger partial charge in [-0.05, 0) is 0 Å². The molecule has 3 N–H and O–H groups in total. The van der Waals surface area contributed by atoms with Crippen molar-refractivity contribution < 1.29 is 4.68 Å². The fraction of sp³-hybridized carbons (Fsp3) is 0.100. The second-order valence-electron chi connectivity index (χ2n) is 3.02. The lowest BCUT2D eigenvalue weighted by Gasteiger charge is -1.93. The van der Waals surface area contributed by atoms with E-state index in [2.05, 4.69) is 5.10 Å². The van der Waals surface area contributed by atoms with Gasteiger partial charge in [0, 0.05) is 5.56 Å². The van der Waals surface area contributed by atoms with Gasteiger partial charge in [-0.15, -0.1) is 0 Å². The van der Waals surface area contributed by atoms with E-state index in [1.165, 1.54) is 0 Å². The molecule has 1 aromatic carbocycles. The van der Waals surface area contributed by atoms with Gasteiger partial charge in [0.2, 0.25) is 0 Å². The Morgan fingerprint density at radius 2 is 1.92 bits per heavy atom. The van der Waals surface area contributed by atoms with Gasteiger partial charge >= 0.3 is 0 Å². The van der Waals surface area contributed by atoms with Crippen molar-refractivity contribution >= 4 is 5.82 Å². The molecule has 0 atom stereocenters. The highest BCUT2D eigenvalue weighted by molar-refractivity contribution is 5.60. The molecule has 0 spiro atoms. The topological polar surface area (TPSA) is 45.7 Å². The quantitative estimate of drug-likeness (QED) is 0.624. The number of nitrogens with zero attached hydrogens (tertiary/aromatic N) is 1. The fourth-order valence-corrected chi connectivity index (χ4v) is 1.29. The van der Waals surface area contributed by atoms with Crippen molar-refractivity contribution in [1.29, 1.82) is 0 Å². The number of hydrogen-bond donors (Lipinski definition) is 2. The summed E-state index contributed by atoms with van der Waals surface area (Å²) < 4.78 is 1.79. The van der Waals surface area contributed by atoms with Crippen LogP contribution < -0.4 is 10.4 Å². The van der Waals surface area contributed by atoms with E-state index < -0.39 is 0 Å². The first-order valence-corrected chi connectivity index (χ1v) is 4.17. The molecule has 0 fully saturated rings. The zero-order valence-corrected chi connectivity index (χ0v) is 7.49. The summed E-state index contributed by atoms with van der Waals surface area (Å²) in [5.41, 5.74) is 7.90. The van der Waals surface area contributed by atoms with Crippen molar-refractivity contribution in [1.82, 2.24) is 5.10 Å². The van der Waals surface area contributed by atoms with Crippen molar-refractivity contribution in [3.8, 4) is 11.3 Å². The fourth-order valence-electron chi connectivity index (χ4n) is 1.29. The molecule has 0 aliphatic heterocycles. The van der Waals surface area contributed by atoms with Gasteiger partial charge < -0.3 is 0 Å². The first kappa shape index (κ1) is 7.86. The minimum Gasteiger partial charge on any atom is -0.285 e. The number of aromatic amines is 1. The third-order valence-electron chi connectivity index (χ3n) is 2.05. The van der Waals surface area contributed by atoms with E-state index in [-0.39, 0.29) is 0 Å². The van der Waals surface area contributed by atoms with Crippen LogP contribution in [0.4, 0.5) is 5.82 Å². The van der Waals surface area contributed by atoms with Gasteiger partial charge in [0.1, 0.15) is 7.05 Å². The average molecular weight is 174 g/mol. The van der Waals surface area contributed by atoms with Crippen LogP contribution in [0.25, 0.3) is 11.3 Å². The number of hydrogen-bond acceptors (Lipinski definition) is 1. The lowest BCUT2D eigenvalue weighted by atomic mass is 10.2. The first-order chi connectivity index (χ1) is 6.27. The molecule has 66 valence electrons. The number of H-pyrrole nitrogens is 1. The van der Waals surface area contributed by atoms with Gasteiger partial charge in [-0.3, -0.25) is 5.73 Å². The predicted octanol–water partition coefficient (Wildman–Crippen LogP) is 1.09. The van der Waals surface area contributed by atoms with Crippen LogP contribution >= 0.6 is 0 Å². The lowest BCUT2D eigenvalue weighted by Crippen LogP contribution is -2.32. The molecule has 3 heteroatoms. The van der Waals surface area contributed by atoms with Crippen LogP contribution in [0.3, 0.4) is 0 Å². The minimum atomic E-state index is 0.735. The van der Waals surface area contributed by atoms with Crippen LogP contribution in [-0.4, -0.2) is 5.10 Å². The largest absolute Gasteiger partial charge is 0.293 e. The number of aryl methyl sites for hydroxylation is 1. The minimum absolute atomic E-state index is 0.735. The second-order valence-corrected chi connectivity index (χ2v) is 3.02. The average Bonchev–Trinajstić information content (AvgIpc) is 2.49. The van der Waals surface area contributed by atoms with E-state index in [0.29, 0.717) is 0 Å². The zero-order valence-electron chi connectivity index (χ0n) is 7.49.